The molecule has 2 aliphatic rings. The third kappa shape index (κ3) is 30.0. The molecular formula is C55H85N7O8S. The number of unbranched alkanes of at least 4 members (excludes halogenated alkanes) is 6. The second-order valence-corrected chi connectivity index (χ2v) is 18.9. The number of ketones is 2. The highest BCUT2D eigenvalue weighted by Crippen LogP contribution is 2.33. The van der Waals surface area contributed by atoms with Crippen molar-refractivity contribution in [1.82, 2.24) is 16.0 Å². The summed E-state index contributed by atoms with van der Waals surface area (Å²) in [4.78, 5) is 71.5. The molecule has 0 spiro atoms. The van der Waals surface area contributed by atoms with Gasteiger partial charge in [-0.15, -0.1) is 0 Å². The molecule has 5 amide bonds. The van der Waals surface area contributed by atoms with Crippen LogP contribution >= 0.6 is 11.8 Å². The summed E-state index contributed by atoms with van der Waals surface area (Å²) in [5, 5.41) is 15.0. The maximum absolute atomic E-state index is 11.6. The summed E-state index contributed by atoms with van der Waals surface area (Å²) in [6.07, 6.45) is 17.1. The lowest BCUT2D eigenvalue weighted by atomic mass is 10.0. The van der Waals surface area contributed by atoms with Gasteiger partial charge in [0, 0.05) is 60.4 Å². The number of urea groups is 1. The Morgan fingerprint density at radius 2 is 1.46 bits per heavy atom. The highest BCUT2D eigenvalue weighted by molar-refractivity contribution is 8.00. The third-order valence-corrected chi connectivity index (χ3v) is 12.4. The van der Waals surface area contributed by atoms with Crippen molar-refractivity contribution >= 4 is 70.0 Å². The molecule has 7 N–H and O–H groups in total. The molecule has 2 aromatic carbocycles. The molecule has 394 valence electrons. The van der Waals surface area contributed by atoms with Gasteiger partial charge in [0.05, 0.1) is 36.7 Å². The number of amidine groups is 1. The van der Waals surface area contributed by atoms with E-state index in [1.165, 1.54) is 57.6 Å². The minimum absolute atomic E-state index is 0.0240. The van der Waals surface area contributed by atoms with Gasteiger partial charge in [-0.3, -0.25) is 14.4 Å². The zero-order valence-corrected chi connectivity index (χ0v) is 44.8. The van der Waals surface area contributed by atoms with E-state index in [1.807, 2.05) is 63.7 Å². The van der Waals surface area contributed by atoms with Crippen LogP contribution in [-0.2, 0) is 28.7 Å². The first-order valence-corrected chi connectivity index (χ1v) is 26.2. The number of amides is 5. The minimum Gasteiger partial charge on any atom is -0.379 e. The summed E-state index contributed by atoms with van der Waals surface area (Å²) in [7, 11) is 0. The van der Waals surface area contributed by atoms with Crippen LogP contribution in [0.15, 0.2) is 84.0 Å². The number of carbonyl (C=O) groups is 6. The first-order chi connectivity index (χ1) is 33.9. The van der Waals surface area contributed by atoms with Crippen molar-refractivity contribution in [3.05, 3.63) is 90.2 Å². The SMILES string of the molecule is C=CC(=O)Nc1ccccc1N=C(NC(=C)C)/C(C)=C\C.CC(=O)CCCC(=O)Nc1cc(C)cc(C(N)=O)c1.CC(=O)CCCC[C@@H]1SCC2NC(=O)NC21.CCCCCCCOCCOCCCC. The van der Waals surface area contributed by atoms with E-state index in [4.69, 9.17) is 15.2 Å². The van der Waals surface area contributed by atoms with Crippen LogP contribution in [0.5, 0.6) is 0 Å². The smallest absolute Gasteiger partial charge is 0.315 e. The van der Waals surface area contributed by atoms with E-state index in [-0.39, 0.29) is 35.8 Å². The van der Waals surface area contributed by atoms with Crippen molar-refractivity contribution in [2.24, 2.45) is 10.7 Å². The lowest BCUT2D eigenvalue weighted by Crippen LogP contribution is -2.36. The molecule has 0 bridgehead atoms. The fourth-order valence-electron chi connectivity index (χ4n) is 6.99. The van der Waals surface area contributed by atoms with Crippen molar-refractivity contribution in [2.75, 3.05) is 42.8 Å². The number of allylic oxidation sites excluding steroid dienone is 2. The number of aliphatic imine (C=N–C) groups is 1. The maximum Gasteiger partial charge on any atom is 0.315 e. The monoisotopic (exact) mass is 1000 g/mol. The van der Waals surface area contributed by atoms with Crippen molar-refractivity contribution in [3.63, 3.8) is 0 Å². The number of aryl methyl sites for hydroxylation is 1. The van der Waals surface area contributed by atoms with E-state index >= 15 is 0 Å². The Morgan fingerprint density at radius 3 is 2.08 bits per heavy atom. The summed E-state index contributed by atoms with van der Waals surface area (Å²) in [6, 6.07) is 12.9. The zero-order valence-electron chi connectivity index (χ0n) is 44.0. The lowest BCUT2D eigenvalue weighted by Gasteiger charge is -2.16. The van der Waals surface area contributed by atoms with Crippen LogP contribution in [0.4, 0.5) is 21.9 Å². The van der Waals surface area contributed by atoms with Gasteiger partial charge in [0.2, 0.25) is 17.7 Å². The number of hydrogen-bond donors (Lipinski definition) is 6. The van der Waals surface area contributed by atoms with Crippen LogP contribution in [-0.4, -0.2) is 90.7 Å². The second kappa shape index (κ2) is 38.1. The molecule has 0 radical (unpaired) electrons. The van der Waals surface area contributed by atoms with E-state index in [2.05, 4.69) is 58.6 Å². The fourth-order valence-corrected chi connectivity index (χ4v) is 8.54. The van der Waals surface area contributed by atoms with Gasteiger partial charge in [0.1, 0.15) is 17.4 Å². The fraction of sp³-hybridized carbons (Fsp3) is 0.545. The predicted octanol–water partition coefficient (Wildman–Crippen LogP) is 10.8. The molecule has 2 saturated heterocycles. The number of fused-ring (bicyclic) bond motifs is 1. The zero-order chi connectivity index (χ0) is 53.0. The third-order valence-electron chi connectivity index (χ3n) is 10.9. The van der Waals surface area contributed by atoms with Crippen LogP contribution in [0, 0.1) is 6.92 Å². The molecule has 2 fully saturated rings. The Balaban J connectivity index is 0.000000477. The van der Waals surface area contributed by atoms with Crippen molar-refractivity contribution in [2.45, 2.75) is 163 Å². The summed E-state index contributed by atoms with van der Waals surface area (Å²) in [6.45, 7) is 25.7. The van der Waals surface area contributed by atoms with Crippen molar-refractivity contribution < 1.29 is 38.2 Å². The Hall–Kier alpha value is -5.58. The quantitative estimate of drug-likeness (QED) is 0.0156. The molecular weight excluding hydrogens is 919 g/mol. The normalized spacial score (nSPS) is 15.7. The van der Waals surface area contributed by atoms with Crippen LogP contribution < -0.4 is 32.3 Å². The standard InChI is InChI=1S/C17H21N3O.C14H18N2O3.C13H28O2.C11H18N2O2S/c1-6-13(5)17(18-12(3)4)20-15-11-9-8-10-14(15)19-16(21)7-2;1-9-6-11(14(15)19)8-12(7-9)16-13(18)5-3-4-10(2)17;1-3-5-7-8-9-11-15-13-12-14-10-6-4-2;1-7(14)4-2-3-5-9-10-8(6-16-9)12-11(15)13-10/h6-11H,2-3H2,1,4-5H3,(H,18,20)(H,19,21);6-8H,3-5H2,1-2H3,(H2,15,19)(H,16,18);3-13H2,1-2H3;8-10H,2-6H2,1H3,(H2,12,13,15)/b13-6-;;;/t;;;8?,9-,10?/m...0/s1. The number of anilines is 2. The number of Topliss-reactive ketones (excluding diaryl/α,β-unsaturated/α-hetero) is 2. The molecule has 2 unspecified atom stereocenters. The van der Waals surface area contributed by atoms with Gasteiger partial charge in [-0.25, -0.2) is 9.79 Å². The van der Waals surface area contributed by atoms with Gasteiger partial charge in [-0.05, 0) is 121 Å². The average Bonchev–Trinajstić information content (AvgIpc) is 3.88. The van der Waals surface area contributed by atoms with Gasteiger partial charge in [-0.1, -0.05) is 83.7 Å². The Morgan fingerprint density at radius 1 is 0.817 bits per heavy atom. The number of carbonyl (C=O) groups excluding carboxylic acids is 6. The van der Waals surface area contributed by atoms with Gasteiger partial charge >= 0.3 is 6.03 Å². The number of ether oxygens (including phenoxy) is 2. The van der Waals surface area contributed by atoms with Gasteiger partial charge in [0.25, 0.3) is 0 Å². The molecule has 16 heteroatoms. The highest BCUT2D eigenvalue weighted by atomic mass is 32.2. The molecule has 0 aromatic heterocycles. The van der Waals surface area contributed by atoms with Crippen LogP contribution in [0.2, 0.25) is 0 Å². The van der Waals surface area contributed by atoms with E-state index in [9.17, 15) is 28.8 Å². The number of primary amides is 1. The van der Waals surface area contributed by atoms with Crippen molar-refractivity contribution in [1.29, 1.82) is 0 Å². The molecule has 0 aliphatic carbocycles. The molecule has 15 nitrogen and oxygen atoms in total. The highest BCUT2D eigenvalue weighted by Gasteiger charge is 2.42. The molecule has 2 aliphatic heterocycles. The molecule has 3 atom stereocenters. The van der Waals surface area contributed by atoms with E-state index < -0.39 is 5.91 Å². The first kappa shape index (κ1) is 63.4. The molecule has 2 aromatic rings. The number of hydrogen-bond acceptors (Lipinski definition) is 10. The number of benzene rings is 2. The van der Waals surface area contributed by atoms with E-state index in [0.717, 1.165) is 74.7 Å². The van der Waals surface area contributed by atoms with Crippen LogP contribution in [0.3, 0.4) is 0 Å². The number of nitrogens with two attached hydrogens (primary N) is 1. The summed E-state index contributed by atoms with van der Waals surface area (Å²) >= 11 is 1.93. The van der Waals surface area contributed by atoms with Crippen molar-refractivity contribution in [3.8, 4) is 0 Å². The minimum atomic E-state index is -0.532. The maximum atomic E-state index is 11.6. The van der Waals surface area contributed by atoms with Crippen LogP contribution in [0.25, 0.3) is 0 Å². The Labute approximate surface area is 428 Å². The van der Waals surface area contributed by atoms with E-state index in [1.54, 1.807) is 25.1 Å². The van der Waals surface area contributed by atoms with Crippen LogP contribution in [0.1, 0.15) is 154 Å². The molecule has 71 heavy (non-hydrogen) atoms. The summed E-state index contributed by atoms with van der Waals surface area (Å²) in [5.74, 6) is 1.08. The van der Waals surface area contributed by atoms with E-state index in [0.29, 0.717) is 65.1 Å². The number of thioether (sulfide) groups is 1. The Kier molecular flexibility index (Phi) is 34.1. The first-order valence-electron chi connectivity index (χ1n) is 25.2. The second-order valence-electron chi connectivity index (χ2n) is 17.7. The molecule has 4 rings (SSSR count). The number of para-hydroxylation sites is 2. The van der Waals surface area contributed by atoms with Gasteiger partial charge < -0.3 is 51.4 Å². The molecule has 0 saturated carbocycles. The summed E-state index contributed by atoms with van der Waals surface area (Å²) < 4.78 is 10.9. The topological polar surface area (TPSA) is 219 Å². The number of nitrogens with one attached hydrogen (secondary N) is 5. The summed E-state index contributed by atoms with van der Waals surface area (Å²) in [5.41, 5.74) is 10.0. The lowest BCUT2D eigenvalue weighted by molar-refractivity contribution is -0.118. The van der Waals surface area contributed by atoms with Gasteiger partial charge in [0.15, 0.2) is 0 Å². The Bertz CT molecular complexity index is 2040. The number of nitrogens with zero attached hydrogens (tertiary/aromatic N) is 1. The molecule has 2 heterocycles. The largest absolute Gasteiger partial charge is 0.379 e. The van der Waals surface area contributed by atoms with Gasteiger partial charge in [-0.2, -0.15) is 11.8 Å². The predicted molar refractivity (Wildman–Crippen MR) is 293 cm³/mol. The number of rotatable bonds is 28. The average molecular weight is 1000 g/mol.